The Kier molecular flexibility index (Phi) is 4.62. The van der Waals surface area contributed by atoms with Gasteiger partial charge in [-0.15, -0.1) is 0 Å². The second-order valence-corrected chi connectivity index (χ2v) is 4.03. The molecule has 0 aliphatic carbocycles. The van der Waals surface area contributed by atoms with Gasteiger partial charge in [0.15, 0.2) is 0 Å². The first-order valence-electron chi connectivity index (χ1n) is 4.60. The summed E-state index contributed by atoms with van der Waals surface area (Å²) < 4.78 is 0.801. The molecule has 0 saturated carbocycles. The maximum atomic E-state index is 9.44. The number of nitrogens with zero attached hydrogens (tertiary/aromatic N) is 1. The maximum Gasteiger partial charge on any atom is 0.136 e. The number of phenolic OH excluding ortho intramolecular Hbond substituents is 1. The number of quaternary nitrogens is 1. The average molecular weight is 260 g/mol. The molecule has 0 bridgehead atoms. The van der Waals surface area contributed by atoms with Crippen molar-refractivity contribution in [1.82, 2.24) is 4.48 Å². The molecule has 0 aromatic heterocycles. The number of aryl methyl sites for hydroxylation is 1. The van der Waals surface area contributed by atoms with Crippen molar-refractivity contribution < 1.29 is 22.1 Å². The summed E-state index contributed by atoms with van der Waals surface area (Å²) in [6.07, 6.45) is 0. The van der Waals surface area contributed by atoms with E-state index in [2.05, 4.69) is 27.1 Å². The Hall–Kier alpha value is -0.540. The zero-order valence-electron chi connectivity index (χ0n) is 9.21. The summed E-state index contributed by atoms with van der Waals surface area (Å²) in [5.74, 6) is 0.356. The second kappa shape index (κ2) is 4.80. The molecule has 0 unspecified atom stereocenters. The van der Waals surface area contributed by atoms with Crippen LogP contribution >= 0.6 is 0 Å². The van der Waals surface area contributed by atoms with Crippen LogP contribution in [0.15, 0.2) is 18.2 Å². The fourth-order valence-corrected chi connectivity index (χ4v) is 1.28. The minimum atomic E-state index is 0. The van der Waals surface area contributed by atoms with Crippen molar-refractivity contribution in [2.24, 2.45) is 0 Å². The molecule has 1 rings (SSSR count). The Labute approximate surface area is 96.5 Å². The van der Waals surface area contributed by atoms with Gasteiger partial charge in [0.05, 0.1) is 20.6 Å². The van der Waals surface area contributed by atoms with Gasteiger partial charge in [-0.1, -0.05) is 0 Å². The van der Waals surface area contributed by atoms with E-state index in [0.717, 1.165) is 22.3 Å². The molecule has 1 aromatic rings. The zero-order chi connectivity index (χ0) is 10.1. The van der Waals surface area contributed by atoms with E-state index in [9.17, 15) is 5.11 Å². The summed E-state index contributed by atoms with van der Waals surface area (Å²) in [6.45, 7) is 5.15. The zero-order valence-corrected chi connectivity index (χ0v) is 10.8. The monoisotopic (exact) mass is 259 g/mol. The van der Waals surface area contributed by atoms with E-state index in [1.165, 1.54) is 0 Å². The van der Waals surface area contributed by atoms with Gasteiger partial charge in [-0.3, -0.25) is 4.48 Å². The van der Waals surface area contributed by atoms with Crippen molar-refractivity contribution in [3.8, 4) is 5.75 Å². The molecule has 0 saturated heterocycles. The van der Waals surface area contributed by atoms with Gasteiger partial charge in [-0.25, -0.2) is 0 Å². The highest BCUT2D eigenvalue weighted by atomic mass is 79.9. The Morgan fingerprint density at radius 2 is 1.79 bits per heavy atom. The topological polar surface area (TPSA) is 20.2 Å². The van der Waals surface area contributed by atoms with Crippen molar-refractivity contribution in [3.63, 3.8) is 0 Å². The van der Waals surface area contributed by atoms with Crippen LogP contribution in [0.3, 0.4) is 0 Å². The maximum absolute atomic E-state index is 9.44. The van der Waals surface area contributed by atoms with Gasteiger partial charge in [0.25, 0.3) is 0 Å². The van der Waals surface area contributed by atoms with Gasteiger partial charge in [0, 0.05) is 12.1 Å². The molecule has 1 N–H and O–H groups in total. The van der Waals surface area contributed by atoms with Crippen LogP contribution in [0.1, 0.15) is 12.5 Å². The van der Waals surface area contributed by atoms with E-state index >= 15 is 0 Å². The van der Waals surface area contributed by atoms with Crippen molar-refractivity contribution in [2.45, 2.75) is 13.8 Å². The van der Waals surface area contributed by atoms with Crippen molar-refractivity contribution >= 4 is 5.69 Å². The molecule has 14 heavy (non-hydrogen) atoms. The summed E-state index contributed by atoms with van der Waals surface area (Å²) in [6, 6.07) is 5.72. The Bertz CT molecular complexity index is 290. The first-order chi connectivity index (χ1) is 5.95. The molecular weight excluding hydrogens is 242 g/mol. The van der Waals surface area contributed by atoms with Crippen molar-refractivity contribution in [1.29, 1.82) is 0 Å². The predicted molar refractivity (Wildman–Crippen MR) is 57.0 cm³/mol. The average Bonchev–Trinajstić information content (AvgIpc) is 2.02. The summed E-state index contributed by atoms with van der Waals surface area (Å²) in [5.41, 5.74) is 2.26. The third kappa shape index (κ3) is 3.00. The normalized spacial score (nSPS) is 10.9. The molecule has 0 aliphatic heterocycles. The van der Waals surface area contributed by atoms with Crippen LogP contribution in [0.2, 0.25) is 0 Å². The number of rotatable bonds is 2. The molecule has 0 amide bonds. The predicted octanol–water partition coefficient (Wildman–Crippen LogP) is -0.709. The van der Waals surface area contributed by atoms with E-state index in [-0.39, 0.29) is 17.0 Å². The van der Waals surface area contributed by atoms with E-state index in [0.29, 0.717) is 5.75 Å². The van der Waals surface area contributed by atoms with Crippen LogP contribution in [0.4, 0.5) is 5.69 Å². The molecule has 80 valence electrons. The number of benzene rings is 1. The van der Waals surface area contributed by atoms with E-state index in [4.69, 9.17) is 0 Å². The molecule has 3 heteroatoms. The fourth-order valence-electron chi connectivity index (χ4n) is 1.28. The highest BCUT2D eigenvalue weighted by Gasteiger charge is 2.16. The van der Waals surface area contributed by atoms with Crippen LogP contribution < -0.4 is 21.5 Å². The first-order valence-corrected chi connectivity index (χ1v) is 4.60. The molecule has 0 fully saturated rings. The van der Waals surface area contributed by atoms with Gasteiger partial charge in [0.2, 0.25) is 0 Å². The Balaban J connectivity index is 0.00000169. The number of aromatic hydroxyl groups is 1. The Morgan fingerprint density at radius 3 is 2.21 bits per heavy atom. The van der Waals surface area contributed by atoms with E-state index < -0.39 is 0 Å². The van der Waals surface area contributed by atoms with Crippen LogP contribution in [0.25, 0.3) is 0 Å². The minimum absolute atomic E-state index is 0. The lowest BCUT2D eigenvalue weighted by atomic mass is 10.2. The fraction of sp³-hybridized carbons (Fsp3) is 0.455. The van der Waals surface area contributed by atoms with Gasteiger partial charge in [0.1, 0.15) is 11.4 Å². The molecular formula is C11H18BrNO. The van der Waals surface area contributed by atoms with Gasteiger partial charge >= 0.3 is 0 Å². The lowest BCUT2D eigenvalue weighted by molar-refractivity contribution is -0.00000407. The molecule has 1 aromatic carbocycles. The smallest absolute Gasteiger partial charge is 0.136 e. The second-order valence-electron chi connectivity index (χ2n) is 4.03. The van der Waals surface area contributed by atoms with Crippen LogP contribution in [0, 0.1) is 6.92 Å². The molecule has 0 atom stereocenters. The van der Waals surface area contributed by atoms with Crippen molar-refractivity contribution in [2.75, 3.05) is 20.6 Å². The van der Waals surface area contributed by atoms with E-state index in [1.54, 1.807) is 6.07 Å². The molecule has 0 heterocycles. The Morgan fingerprint density at radius 1 is 1.21 bits per heavy atom. The third-order valence-electron chi connectivity index (χ3n) is 2.54. The molecule has 0 spiro atoms. The summed E-state index contributed by atoms with van der Waals surface area (Å²) >= 11 is 0. The molecule has 0 radical (unpaired) electrons. The van der Waals surface area contributed by atoms with Crippen LogP contribution in [-0.4, -0.2) is 25.7 Å². The molecule has 0 aliphatic rings. The van der Waals surface area contributed by atoms with Crippen LogP contribution in [-0.2, 0) is 0 Å². The summed E-state index contributed by atoms with van der Waals surface area (Å²) in [7, 11) is 4.27. The third-order valence-corrected chi connectivity index (χ3v) is 2.54. The number of hydrogen-bond donors (Lipinski definition) is 1. The molecule has 2 nitrogen and oxygen atoms in total. The SMILES string of the molecule is CC[N+](C)(C)c1cc(C)cc(O)c1.[Br-]. The number of hydrogen-bond acceptors (Lipinski definition) is 1. The lowest BCUT2D eigenvalue weighted by Crippen LogP contribution is -3.00. The first kappa shape index (κ1) is 13.5. The lowest BCUT2D eigenvalue weighted by Gasteiger charge is -2.27. The van der Waals surface area contributed by atoms with E-state index in [1.807, 2.05) is 13.0 Å². The number of phenols is 1. The standard InChI is InChI=1S/C11H17NO.BrH/c1-5-12(3,4)10-6-9(2)7-11(13)8-10;/h6-8H,5H2,1-4H3;1H. The largest absolute Gasteiger partial charge is 1.00 e. The van der Waals surface area contributed by atoms with Gasteiger partial charge in [-0.05, 0) is 25.5 Å². The summed E-state index contributed by atoms with van der Waals surface area (Å²) in [4.78, 5) is 0. The van der Waals surface area contributed by atoms with Gasteiger partial charge in [-0.2, -0.15) is 0 Å². The summed E-state index contributed by atoms with van der Waals surface area (Å²) in [5, 5.41) is 9.44. The highest BCUT2D eigenvalue weighted by Crippen LogP contribution is 2.25. The number of halogens is 1. The van der Waals surface area contributed by atoms with Gasteiger partial charge < -0.3 is 22.1 Å². The van der Waals surface area contributed by atoms with Crippen LogP contribution in [0.5, 0.6) is 5.75 Å². The van der Waals surface area contributed by atoms with Crippen molar-refractivity contribution in [3.05, 3.63) is 23.8 Å². The minimum Gasteiger partial charge on any atom is -1.00 e. The quantitative estimate of drug-likeness (QED) is 0.697. The highest BCUT2D eigenvalue weighted by molar-refractivity contribution is 5.49.